The fraction of sp³-hybridized carbons (Fsp3) is 0.714. The van der Waals surface area contributed by atoms with Gasteiger partial charge >= 0.3 is 0 Å². The first-order valence-electron chi connectivity index (χ1n) is 5.77. The monoisotopic (exact) mass is 200 g/mol. The third-order valence-corrected chi connectivity index (χ3v) is 0.677. The highest BCUT2D eigenvalue weighted by Gasteiger charge is 1.76. The van der Waals surface area contributed by atoms with Gasteiger partial charge in [-0.2, -0.15) is 0 Å². The van der Waals surface area contributed by atoms with Gasteiger partial charge in [-0.15, -0.1) is 13.2 Å². The molecule has 0 heterocycles. The van der Waals surface area contributed by atoms with E-state index in [1.54, 1.807) is 0 Å². The van der Waals surface area contributed by atoms with Gasteiger partial charge in [-0.1, -0.05) is 52.2 Å². The summed E-state index contributed by atoms with van der Waals surface area (Å²) in [6.07, 6.45) is 2.41. The maximum atomic E-state index is 3.74. The fourth-order valence-electron chi connectivity index (χ4n) is 0.427. The molecule has 0 amide bonds. The zero-order valence-electron chi connectivity index (χ0n) is 11.8. The summed E-state index contributed by atoms with van der Waals surface area (Å²) < 4.78 is 0. The van der Waals surface area contributed by atoms with Crippen LogP contribution in [0.15, 0.2) is 24.3 Å². The predicted octanol–water partition coefficient (Wildman–Crippen LogP) is 6.00. The van der Waals surface area contributed by atoms with Crippen LogP contribution in [0.1, 0.15) is 68.2 Å². The molecule has 0 aromatic heterocycles. The van der Waals surface area contributed by atoms with Gasteiger partial charge in [0.2, 0.25) is 0 Å². The van der Waals surface area contributed by atoms with E-state index in [0.29, 0.717) is 0 Å². The van der Waals surface area contributed by atoms with Crippen LogP contribution in [-0.4, -0.2) is 0 Å². The molecule has 0 bridgehead atoms. The Bertz CT molecular complexity index is 94.6. The van der Waals surface area contributed by atoms with E-state index in [1.165, 1.54) is 24.0 Å². The highest BCUT2D eigenvalue weighted by Crippen LogP contribution is 1.96. The molecule has 0 spiro atoms. The average Bonchev–Trinajstić information content (AvgIpc) is 2.10. The molecule has 88 valence electrons. The molecule has 0 heteroatoms. The van der Waals surface area contributed by atoms with Gasteiger partial charge in [0, 0.05) is 0 Å². The molecule has 0 aromatic rings. The Morgan fingerprint density at radius 1 is 0.857 bits per heavy atom. The van der Waals surface area contributed by atoms with E-state index >= 15 is 0 Å². The third kappa shape index (κ3) is 205. The largest absolute Gasteiger partial charge is 0.100 e. The number of hydrogen-bond acceptors (Lipinski definition) is 0. The van der Waals surface area contributed by atoms with Crippen LogP contribution in [0.4, 0.5) is 0 Å². The lowest BCUT2D eigenvalue weighted by atomic mass is 10.2. The highest BCUT2D eigenvalue weighted by atomic mass is 13.8. The SMILES string of the molecule is C=C(C)C.C=C(C)CCC.CC.CC. The van der Waals surface area contributed by atoms with Gasteiger partial charge in [0.25, 0.3) is 0 Å². The molecule has 0 atom stereocenters. The van der Waals surface area contributed by atoms with Crippen molar-refractivity contribution in [2.75, 3.05) is 0 Å². The second-order valence-electron chi connectivity index (χ2n) is 2.91. The van der Waals surface area contributed by atoms with Crippen molar-refractivity contribution in [2.45, 2.75) is 68.2 Å². The molecule has 0 fully saturated rings. The molecule has 0 aromatic carbocycles. The Labute approximate surface area is 93.1 Å². The summed E-state index contributed by atoms with van der Waals surface area (Å²) in [7, 11) is 0. The second kappa shape index (κ2) is 29.4. The fourth-order valence-corrected chi connectivity index (χ4v) is 0.427. The van der Waals surface area contributed by atoms with Gasteiger partial charge < -0.3 is 0 Å². The van der Waals surface area contributed by atoms with Crippen LogP contribution < -0.4 is 0 Å². The Kier molecular flexibility index (Phi) is 49.1. The van der Waals surface area contributed by atoms with Crippen molar-refractivity contribution in [1.29, 1.82) is 0 Å². The quantitative estimate of drug-likeness (QED) is 0.480. The number of hydrogen-bond donors (Lipinski definition) is 0. The van der Waals surface area contributed by atoms with Crippen molar-refractivity contribution in [1.82, 2.24) is 0 Å². The van der Waals surface area contributed by atoms with E-state index in [9.17, 15) is 0 Å². The zero-order chi connectivity index (χ0) is 12.6. The molecule has 0 unspecified atom stereocenters. The minimum atomic E-state index is 1.17. The van der Waals surface area contributed by atoms with E-state index < -0.39 is 0 Å². The molecular weight excluding hydrogens is 168 g/mol. The van der Waals surface area contributed by atoms with Gasteiger partial charge in [-0.25, -0.2) is 0 Å². The van der Waals surface area contributed by atoms with Gasteiger partial charge in [-0.05, 0) is 27.2 Å². The first kappa shape index (κ1) is 23.4. The molecule has 14 heavy (non-hydrogen) atoms. The van der Waals surface area contributed by atoms with E-state index in [-0.39, 0.29) is 0 Å². The molecule has 0 N–H and O–H groups in total. The summed E-state index contributed by atoms with van der Waals surface area (Å²) in [5.74, 6) is 0. The minimum Gasteiger partial charge on any atom is -0.100 e. The first-order chi connectivity index (χ1) is 6.50. The Morgan fingerprint density at radius 2 is 1.07 bits per heavy atom. The number of allylic oxidation sites excluding steroid dienone is 2. The summed E-state index contributed by atoms with van der Waals surface area (Å²) >= 11 is 0. The summed E-state index contributed by atoms with van der Waals surface area (Å²) in [6, 6.07) is 0. The topological polar surface area (TPSA) is 0 Å². The normalized spacial score (nSPS) is 6.29. The van der Waals surface area contributed by atoms with E-state index in [0.717, 1.165) is 0 Å². The molecule has 0 saturated carbocycles. The van der Waals surface area contributed by atoms with Crippen LogP contribution in [0.3, 0.4) is 0 Å². The number of rotatable bonds is 2. The standard InChI is InChI=1S/C6H12.C4H8.2C2H6/c1-4-5-6(2)3;1-4(2)3;2*1-2/h2,4-5H2,1,3H3;1H2,2-3H3;2*1-2H3. The molecular formula is C14H32. The van der Waals surface area contributed by atoms with Crippen LogP contribution >= 0.6 is 0 Å². The molecule has 0 nitrogen and oxygen atoms in total. The maximum absolute atomic E-state index is 3.74. The molecule has 0 radical (unpaired) electrons. The van der Waals surface area contributed by atoms with E-state index in [2.05, 4.69) is 27.0 Å². The summed E-state index contributed by atoms with van der Waals surface area (Å²) in [6.45, 7) is 23.5. The van der Waals surface area contributed by atoms with Crippen molar-refractivity contribution in [3.05, 3.63) is 24.3 Å². The lowest BCUT2D eigenvalue weighted by molar-refractivity contribution is 0.910. The summed E-state index contributed by atoms with van der Waals surface area (Å²) in [5.41, 5.74) is 2.46. The summed E-state index contributed by atoms with van der Waals surface area (Å²) in [4.78, 5) is 0. The Balaban J connectivity index is -0.0000000546. The van der Waals surface area contributed by atoms with Gasteiger partial charge in [0.15, 0.2) is 0 Å². The van der Waals surface area contributed by atoms with E-state index in [4.69, 9.17) is 0 Å². The van der Waals surface area contributed by atoms with Crippen molar-refractivity contribution in [3.8, 4) is 0 Å². The third-order valence-electron chi connectivity index (χ3n) is 0.677. The van der Waals surface area contributed by atoms with Crippen LogP contribution in [0, 0.1) is 0 Å². The van der Waals surface area contributed by atoms with Crippen LogP contribution in [0.25, 0.3) is 0 Å². The lowest BCUT2D eigenvalue weighted by Crippen LogP contribution is -1.66. The molecule has 0 aliphatic rings. The van der Waals surface area contributed by atoms with Crippen LogP contribution in [0.2, 0.25) is 0 Å². The molecule has 0 rings (SSSR count). The molecule has 0 aliphatic heterocycles. The Morgan fingerprint density at radius 3 is 1.07 bits per heavy atom. The van der Waals surface area contributed by atoms with Gasteiger partial charge in [0.1, 0.15) is 0 Å². The smallest absolute Gasteiger partial charge is 0.0328 e. The predicted molar refractivity (Wildman–Crippen MR) is 72.9 cm³/mol. The average molecular weight is 200 g/mol. The second-order valence-corrected chi connectivity index (χ2v) is 2.91. The van der Waals surface area contributed by atoms with Gasteiger partial charge in [-0.3, -0.25) is 0 Å². The van der Waals surface area contributed by atoms with E-state index in [1.807, 2.05) is 41.5 Å². The Hall–Kier alpha value is -0.520. The van der Waals surface area contributed by atoms with Crippen molar-refractivity contribution in [2.24, 2.45) is 0 Å². The maximum Gasteiger partial charge on any atom is -0.0328 e. The zero-order valence-corrected chi connectivity index (χ0v) is 11.8. The van der Waals surface area contributed by atoms with Crippen LogP contribution in [-0.2, 0) is 0 Å². The van der Waals surface area contributed by atoms with Crippen molar-refractivity contribution >= 4 is 0 Å². The van der Waals surface area contributed by atoms with Crippen molar-refractivity contribution < 1.29 is 0 Å². The highest BCUT2D eigenvalue weighted by molar-refractivity contribution is 4.86. The van der Waals surface area contributed by atoms with Crippen molar-refractivity contribution in [3.63, 3.8) is 0 Å². The minimum absolute atomic E-state index is 1.17. The molecule has 0 saturated heterocycles. The summed E-state index contributed by atoms with van der Waals surface area (Å²) in [5, 5.41) is 0. The molecule has 0 aliphatic carbocycles. The lowest BCUT2D eigenvalue weighted by Gasteiger charge is -1.87. The van der Waals surface area contributed by atoms with Gasteiger partial charge in [0.05, 0.1) is 0 Å². The van der Waals surface area contributed by atoms with Crippen LogP contribution in [0.5, 0.6) is 0 Å². The first-order valence-corrected chi connectivity index (χ1v) is 5.77.